The van der Waals surface area contributed by atoms with Gasteiger partial charge in [-0.25, -0.2) is 0 Å². The minimum atomic E-state index is 0.00197. The van der Waals surface area contributed by atoms with Crippen LogP contribution >= 0.6 is 0 Å². The van der Waals surface area contributed by atoms with E-state index in [0.29, 0.717) is 6.04 Å². The summed E-state index contributed by atoms with van der Waals surface area (Å²) >= 11 is 0. The highest BCUT2D eigenvalue weighted by atomic mass is 16.3. The summed E-state index contributed by atoms with van der Waals surface area (Å²) in [7, 11) is 0. The molecule has 0 amide bonds. The van der Waals surface area contributed by atoms with E-state index in [2.05, 4.69) is 24.5 Å². The second kappa shape index (κ2) is 7.05. The van der Waals surface area contributed by atoms with Crippen LogP contribution in [-0.4, -0.2) is 36.9 Å². The second-order valence-electron chi connectivity index (χ2n) is 7.31. The van der Waals surface area contributed by atoms with E-state index in [-0.39, 0.29) is 12.0 Å². The Bertz CT molecular complexity index is 261. The normalized spacial score (nSPS) is 33.3. The van der Waals surface area contributed by atoms with Gasteiger partial charge in [-0.2, -0.15) is 0 Å². The van der Waals surface area contributed by atoms with E-state index in [0.717, 1.165) is 18.5 Å². The average molecular weight is 268 g/mol. The van der Waals surface area contributed by atoms with Crippen molar-refractivity contribution in [2.75, 3.05) is 19.7 Å². The molecular weight excluding hydrogens is 236 g/mol. The Hall–Kier alpha value is -0.120. The molecule has 0 bridgehead atoms. The van der Waals surface area contributed by atoms with Crippen molar-refractivity contribution in [3.63, 3.8) is 0 Å². The van der Waals surface area contributed by atoms with Crippen LogP contribution < -0.4 is 10.6 Å². The van der Waals surface area contributed by atoms with Crippen LogP contribution in [0.15, 0.2) is 0 Å². The molecule has 0 radical (unpaired) electrons. The molecule has 3 heteroatoms. The van der Waals surface area contributed by atoms with Gasteiger partial charge in [0, 0.05) is 30.7 Å². The van der Waals surface area contributed by atoms with Gasteiger partial charge in [0.15, 0.2) is 0 Å². The van der Waals surface area contributed by atoms with Crippen molar-refractivity contribution in [3.8, 4) is 0 Å². The highest BCUT2D eigenvalue weighted by molar-refractivity contribution is 4.91. The van der Waals surface area contributed by atoms with Crippen molar-refractivity contribution >= 4 is 0 Å². The smallest absolute Gasteiger partial charge is 0.0494 e. The first-order valence-electron chi connectivity index (χ1n) is 8.20. The van der Waals surface area contributed by atoms with E-state index in [1.807, 2.05) is 0 Å². The molecule has 3 N–H and O–H groups in total. The molecule has 2 aliphatic rings. The summed E-state index contributed by atoms with van der Waals surface area (Å²) in [5, 5.41) is 16.9. The zero-order valence-corrected chi connectivity index (χ0v) is 12.8. The van der Waals surface area contributed by atoms with Gasteiger partial charge in [0.25, 0.3) is 0 Å². The lowest BCUT2D eigenvalue weighted by molar-refractivity contribution is 0.130. The van der Waals surface area contributed by atoms with Gasteiger partial charge in [0.2, 0.25) is 0 Å². The number of aliphatic hydroxyl groups is 1. The molecule has 0 aromatic heterocycles. The first kappa shape index (κ1) is 15.3. The number of piperidine rings is 1. The topological polar surface area (TPSA) is 44.3 Å². The van der Waals surface area contributed by atoms with Crippen LogP contribution in [0.3, 0.4) is 0 Å². The fraction of sp³-hybridized carbons (Fsp3) is 1.00. The molecule has 1 aliphatic carbocycles. The highest BCUT2D eigenvalue weighted by Gasteiger charge is 2.33. The van der Waals surface area contributed by atoms with Gasteiger partial charge in [-0.3, -0.25) is 0 Å². The molecule has 0 aromatic carbocycles. The molecule has 19 heavy (non-hydrogen) atoms. The van der Waals surface area contributed by atoms with Gasteiger partial charge in [-0.05, 0) is 38.1 Å². The van der Waals surface area contributed by atoms with Gasteiger partial charge < -0.3 is 15.7 Å². The molecule has 1 saturated heterocycles. The maximum absolute atomic E-state index is 9.39. The fourth-order valence-electron chi connectivity index (χ4n) is 3.60. The Morgan fingerprint density at radius 1 is 1.11 bits per heavy atom. The van der Waals surface area contributed by atoms with E-state index < -0.39 is 0 Å². The Kier molecular flexibility index (Phi) is 5.67. The van der Waals surface area contributed by atoms with Crippen LogP contribution in [0.5, 0.6) is 0 Å². The van der Waals surface area contributed by atoms with Crippen LogP contribution in [0, 0.1) is 11.3 Å². The fourth-order valence-corrected chi connectivity index (χ4v) is 3.60. The lowest BCUT2D eigenvalue weighted by Gasteiger charge is -2.41. The lowest BCUT2D eigenvalue weighted by Crippen LogP contribution is -2.52. The van der Waals surface area contributed by atoms with Gasteiger partial charge in [0.05, 0.1) is 0 Å². The molecule has 0 aromatic rings. The quantitative estimate of drug-likeness (QED) is 0.717. The van der Waals surface area contributed by atoms with Crippen LogP contribution in [0.2, 0.25) is 0 Å². The lowest BCUT2D eigenvalue weighted by atomic mass is 9.77. The summed E-state index contributed by atoms with van der Waals surface area (Å²) in [6, 6.07) is 1.37. The van der Waals surface area contributed by atoms with Crippen LogP contribution in [0.25, 0.3) is 0 Å². The molecule has 3 atom stereocenters. The van der Waals surface area contributed by atoms with Crippen molar-refractivity contribution < 1.29 is 5.11 Å². The summed E-state index contributed by atoms with van der Waals surface area (Å²) < 4.78 is 0. The Morgan fingerprint density at radius 2 is 1.84 bits per heavy atom. The highest BCUT2D eigenvalue weighted by Crippen LogP contribution is 2.31. The second-order valence-corrected chi connectivity index (χ2v) is 7.31. The maximum Gasteiger partial charge on any atom is 0.0494 e. The maximum atomic E-state index is 9.39. The molecule has 1 heterocycles. The molecule has 0 spiro atoms. The minimum absolute atomic E-state index is 0.00197. The zero-order valence-electron chi connectivity index (χ0n) is 12.8. The standard InChI is InChI=1S/C16H32N2O/c1-16(2,12-19)11-18-15-8-4-3-7-13(15)14-9-5-6-10-17-14/h13-15,17-19H,3-12H2,1-2H3. The van der Waals surface area contributed by atoms with Crippen molar-refractivity contribution in [3.05, 3.63) is 0 Å². The van der Waals surface area contributed by atoms with Crippen LogP contribution in [-0.2, 0) is 0 Å². The van der Waals surface area contributed by atoms with Crippen molar-refractivity contribution in [2.24, 2.45) is 11.3 Å². The molecule has 3 nitrogen and oxygen atoms in total. The number of rotatable bonds is 5. The molecular formula is C16H32N2O. The predicted molar refractivity (Wildman–Crippen MR) is 80.3 cm³/mol. The third-order valence-electron chi connectivity index (χ3n) is 4.96. The summed E-state index contributed by atoms with van der Waals surface area (Å²) in [6.07, 6.45) is 9.53. The summed E-state index contributed by atoms with van der Waals surface area (Å²) in [4.78, 5) is 0. The largest absolute Gasteiger partial charge is 0.396 e. The van der Waals surface area contributed by atoms with E-state index in [4.69, 9.17) is 0 Å². The number of hydrogen-bond acceptors (Lipinski definition) is 3. The summed E-state index contributed by atoms with van der Waals surface area (Å²) in [5.41, 5.74) is 0.00197. The zero-order chi connectivity index (χ0) is 13.7. The van der Waals surface area contributed by atoms with E-state index in [1.165, 1.54) is 51.5 Å². The Morgan fingerprint density at radius 3 is 2.53 bits per heavy atom. The number of nitrogens with one attached hydrogen (secondary N) is 2. The van der Waals surface area contributed by atoms with Gasteiger partial charge in [-0.1, -0.05) is 33.1 Å². The van der Waals surface area contributed by atoms with Crippen molar-refractivity contribution in [1.82, 2.24) is 10.6 Å². The first-order chi connectivity index (χ1) is 9.12. The third-order valence-corrected chi connectivity index (χ3v) is 4.96. The molecule has 2 rings (SSSR count). The summed E-state index contributed by atoms with van der Waals surface area (Å²) in [6.45, 7) is 6.67. The van der Waals surface area contributed by atoms with Crippen LogP contribution in [0.1, 0.15) is 58.8 Å². The van der Waals surface area contributed by atoms with E-state index in [1.54, 1.807) is 0 Å². The predicted octanol–water partition coefficient (Wildman–Crippen LogP) is 2.30. The third kappa shape index (κ3) is 4.44. The average Bonchev–Trinajstić information content (AvgIpc) is 2.46. The van der Waals surface area contributed by atoms with Crippen LogP contribution in [0.4, 0.5) is 0 Å². The first-order valence-corrected chi connectivity index (χ1v) is 8.20. The van der Waals surface area contributed by atoms with Gasteiger partial charge in [-0.15, -0.1) is 0 Å². The van der Waals surface area contributed by atoms with Crippen molar-refractivity contribution in [2.45, 2.75) is 70.9 Å². The Labute approximate surface area is 118 Å². The number of hydrogen-bond donors (Lipinski definition) is 3. The molecule has 1 aliphatic heterocycles. The van der Waals surface area contributed by atoms with Gasteiger partial charge >= 0.3 is 0 Å². The van der Waals surface area contributed by atoms with E-state index >= 15 is 0 Å². The summed E-state index contributed by atoms with van der Waals surface area (Å²) in [5.74, 6) is 0.795. The Balaban J connectivity index is 1.88. The monoisotopic (exact) mass is 268 g/mol. The molecule has 1 saturated carbocycles. The number of aliphatic hydroxyl groups excluding tert-OH is 1. The van der Waals surface area contributed by atoms with Gasteiger partial charge in [0.1, 0.15) is 0 Å². The molecule has 3 unspecified atom stereocenters. The SMILES string of the molecule is CC(C)(CO)CNC1CCCCC1C1CCCCN1. The minimum Gasteiger partial charge on any atom is -0.396 e. The molecule has 2 fully saturated rings. The molecule has 112 valence electrons. The van der Waals surface area contributed by atoms with Crippen molar-refractivity contribution in [1.29, 1.82) is 0 Å². The van der Waals surface area contributed by atoms with E-state index in [9.17, 15) is 5.11 Å².